The average molecular weight is 289 g/mol. The van der Waals surface area contributed by atoms with Gasteiger partial charge < -0.3 is 10.6 Å². The summed E-state index contributed by atoms with van der Waals surface area (Å²) in [6.45, 7) is 8.81. The Morgan fingerprint density at radius 1 is 1.38 bits per heavy atom. The molecule has 1 fully saturated rings. The van der Waals surface area contributed by atoms with Crippen LogP contribution in [-0.4, -0.2) is 43.5 Å². The van der Waals surface area contributed by atoms with Crippen molar-refractivity contribution in [3.05, 3.63) is 29.8 Å². The normalized spacial score (nSPS) is 16.1. The second-order valence-corrected chi connectivity index (χ2v) is 5.94. The molecule has 1 aromatic carbocycles. The fraction of sp³-hybridized carbons (Fsp3) is 0.588. The van der Waals surface area contributed by atoms with E-state index in [2.05, 4.69) is 22.5 Å². The highest BCUT2D eigenvalue weighted by Crippen LogP contribution is 2.14. The zero-order valence-electron chi connectivity index (χ0n) is 13.2. The van der Waals surface area contributed by atoms with Gasteiger partial charge in [-0.25, -0.2) is 0 Å². The molecular formula is C17H27N3O. The lowest BCUT2D eigenvalue weighted by Gasteiger charge is -2.28. The van der Waals surface area contributed by atoms with E-state index in [0.29, 0.717) is 6.54 Å². The summed E-state index contributed by atoms with van der Waals surface area (Å²) in [4.78, 5) is 14.4. The van der Waals surface area contributed by atoms with Gasteiger partial charge in [0.1, 0.15) is 0 Å². The predicted molar refractivity (Wildman–Crippen MR) is 87.5 cm³/mol. The van der Waals surface area contributed by atoms with Crippen LogP contribution in [0.5, 0.6) is 0 Å². The van der Waals surface area contributed by atoms with Gasteiger partial charge in [-0.3, -0.25) is 9.69 Å². The summed E-state index contributed by atoms with van der Waals surface area (Å²) in [5.41, 5.74) is 2.05. The smallest absolute Gasteiger partial charge is 0.238 e. The molecule has 116 valence electrons. The molecule has 0 saturated carbocycles. The Labute approximate surface area is 127 Å². The molecule has 1 heterocycles. The molecule has 0 spiro atoms. The molecule has 1 amide bonds. The van der Waals surface area contributed by atoms with Gasteiger partial charge in [0, 0.05) is 12.2 Å². The molecule has 0 atom stereocenters. The highest BCUT2D eigenvalue weighted by Gasteiger charge is 2.17. The molecule has 2 rings (SSSR count). The monoisotopic (exact) mass is 289 g/mol. The maximum Gasteiger partial charge on any atom is 0.238 e. The van der Waals surface area contributed by atoms with Crippen molar-refractivity contribution < 1.29 is 4.79 Å². The largest absolute Gasteiger partial charge is 0.325 e. The van der Waals surface area contributed by atoms with Gasteiger partial charge in [0.05, 0.1) is 6.54 Å². The minimum atomic E-state index is 0.0800. The van der Waals surface area contributed by atoms with E-state index in [-0.39, 0.29) is 5.91 Å². The Morgan fingerprint density at radius 2 is 2.14 bits per heavy atom. The van der Waals surface area contributed by atoms with E-state index < -0.39 is 0 Å². The van der Waals surface area contributed by atoms with Crippen molar-refractivity contribution in [2.45, 2.75) is 26.7 Å². The van der Waals surface area contributed by atoms with Gasteiger partial charge in [0.25, 0.3) is 0 Å². The second kappa shape index (κ2) is 8.15. The molecular weight excluding hydrogens is 262 g/mol. The number of nitrogens with zero attached hydrogens (tertiary/aromatic N) is 1. The topological polar surface area (TPSA) is 44.4 Å². The molecule has 1 saturated heterocycles. The molecule has 4 heteroatoms. The standard InChI is InChI=1S/C17H27N3O/c1-3-20(12-15-7-9-18-10-8-15)13-17(21)19-16-6-4-5-14(2)11-16/h4-6,11,15,18H,3,7-10,12-13H2,1-2H3,(H,19,21). The van der Waals surface area contributed by atoms with Gasteiger partial charge in [-0.05, 0) is 63.0 Å². The summed E-state index contributed by atoms with van der Waals surface area (Å²) in [5, 5.41) is 6.38. The zero-order valence-corrected chi connectivity index (χ0v) is 13.2. The molecule has 21 heavy (non-hydrogen) atoms. The number of anilines is 1. The maximum atomic E-state index is 12.2. The van der Waals surface area contributed by atoms with Crippen molar-refractivity contribution in [1.82, 2.24) is 10.2 Å². The number of hydrogen-bond acceptors (Lipinski definition) is 3. The Hall–Kier alpha value is -1.39. The number of aryl methyl sites for hydroxylation is 1. The highest BCUT2D eigenvalue weighted by atomic mass is 16.2. The van der Waals surface area contributed by atoms with Crippen LogP contribution in [0.2, 0.25) is 0 Å². The van der Waals surface area contributed by atoms with Crippen molar-refractivity contribution in [3.8, 4) is 0 Å². The number of nitrogens with one attached hydrogen (secondary N) is 2. The van der Waals surface area contributed by atoms with Crippen LogP contribution < -0.4 is 10.6 Å². The third kappa shape index (κ3) is 5.48. The third-order valence-corrected chi connectivity index (χ3v) is 4.09. The Morgan fingerprint density at radius 3 is 2.81 bits per heavy atom. The first-order valence-corrected chi connectivity index (χ1v) is 7.97. The van der Waals surface area contributed by atoms with E-state index in [4.69, 9.17) is 0 Å². The fourth-order valence-corrected chi connectivity index (χ4v) is 2.86. The molecule has 0 bridgehead atoms. The van der Waals surface area contributed by atoms with Gasteiger partial charge in [-0.2, -0.15) is 0 Å². The average Bonchev–Trinajstić information content (AvgIpc) is 2.47. The van der Waals surface area contributed by atoms with Crippen LogP contribution in [0, 0.1) is 12.8 Å². The van der Waals surface area contributed by atoms with Crippen molar-refractivity contribution >= 4 is 11.6 Å². The van der Waals surface area contributed by atoms with Crippen LogP contribution >= 0.6 is 0 Å². The molecule has 2 N–H and O–H groups in total. The van der Waals surface area contributed by atoms with E-state index in [1.165, 1.54) is 12.8 Å². The summed E-state index contributed by atoms with van der Waals surface area (Å²) >= 11 is 0. The Balaban J connectivity index is 1.81. The minimum absolute atomic E-state index is 0.0800. The second-order valence-electron chi connectivity index (χ2n) is 5.94. The van der Waals surface area contributed by atoms with E-state index in [9.17, 15) is 4.79 Å². The van der Waals surface area contributed by atoms with E-state index >= 15 is 0 Å². The van der Waals surface area contributed by atoms with Crippen LogP contribution in [0.25, 0.3) is 0 Å². The van der Waals surface area contributed by atoms with Gasteiger partial charge in [0.15, 0.2) is 0 Å². The number of hydrogen-bond donors (Lipinski definition) is 2. The van der Waals surface area contributed by atoms with Crippen LogP contribution in [0.15, 0.2) is 24.3 Å². The van der Waals surface area contributed by atoms with Crippen molar-refractivity contribution in [3.63, 3.8) is 0 Å². The molecule has 0 unspecified atom stereocenters. The molecule has 0 aliphatic carbocycles. The van der Waals surface area contributed by atoms with Gasteiger partial charge in [-0.1, -0.05) is 19.1 Å². The maximum absolute atomic E-state index is 12.2. The first-order valence-electron chi connectivity index (χ1n) is 7.97. The van der Waals surface area contributed by atoms with Crippen molar-refractivity contribution in [2.75, 3.05) is 38.0 Å². The summed E-state index contributed by atoms with van der Waals surface area (Å²) in [5.74, 6) is 0.800. The SMILES string of the molecule is CCN(CC(=O)Nc1cccc(C)c1)CC1CCNCC1. The quantitative estimate of drug-likeness (QED) is 0.844. The van der Waals surface area contributed by atoms with E-state index in [1.54, 1.807) is 0 Å². The molecule has 0 aromatic heterocycles. The van der Waals surface area contributed by atoms with Crippen LogP contribution in [0.1, 0.15) is 25.3 Å². The van der Waals surface area contributed by atoms with Crippen LogP contribution in [0.4, 0.5) is 5.69 Å². The summed E-state index contributed by atoms with van der Waals surface area (Å²) in [7, 11) is 0. The van der Waals surface area contributed by atoms with Crippen LogP contribution in [0.3, 0.4) is 0 Å². The Bertz CT molecular complexity index is 455. The van der Waals surface area contributed by atoms with Crippen LogP contribution in [-0.2, 0) is 4.79 Å². The first kappa shape index (κ1) is 16.0. The number of rotatable bonds is 6. The number of likely N-dealkylation sites (N-methyl/N-ethyl adjacent to an activating group) is 1. The number of carbonyl (C=O) groups is 1. The number of carbonyl (C=O) groups excluding carboxylic acids is 1. The minimum Gasteiger partial charge on any atom is -0.325 e. The number of benzene rings is 1. The van der Waals surface area contributed by atoms with E-state index in [1.807, 2.05) is 31.2 Å². The summed E-state index contributed by atoms with van der Waals surface area (Å²) < 4.78 is 0. The molecule has 1 aliphatic rings. The predicted octanol–water partition coefficient (Wildman–Crippen LogP) is 2.26. The highest BCUT2D eigenvalue weighted by molar-refractivity contribution is 5.92. The van der Waals surface area contributed by atoms with Gasteiger partial charge in [0.2, 0.25) is 5.91 Å². The lowest BCUT2D eigenvalue weighted by Crippen LogP contribution is -2.39. The lowest BCUT2D eigenvalue weighted by atomic mass is 9.97. The lowest BCUT2D eigenvalue weighted by molar-refractivity contribution is -0.117. The zero-order chi connectivity index (χ0) is 15.1. The third-order valence-electron chi connectivity index (χ3n) is 4.09. The molecule has 4 nitrogen and oxygen atoms in total. The number of amides is 1. The van der Waals surface area contributed by atoms with Crippen molar-refractivity contribution in [2.24, 2.45) is 5.92 Å². The van der Waals surface area contributed by atoms with E-state index in [0.717, 1.165) is 43.3 Å². The number of piperidine rings is 1. The first-order chi connectivity index (χ1) is 10.2. The fourth-order valence-electron chi connectivity index (χ4n) is 2.86. The molecule has 1 aliphatic heterocycles. The molecule has 0 radical (unpaired) electrons. The van der Waals surface area contributed by atoms with Crippen molar-refractivity contribution in [1.29, 1.82) is 0 Å². The summed E-state index contributed by atoms with van der Waals surface area (Å²) in [6.07, 6.45) is 2.44. The van der Waals surface area contributed by atoms with Gasteiger partial charge >= 0.3 is 0 Å². The van der Waals surface area contributed by atoms with Gasteiger partial charge in [-0.15, -0.1) is 0 Å². The Kier molecular flexibility index (Phi) is 6.21. The molecule has 1 aromatic rings. The summed E-state index contributed by atoms with van der Waals surface area (Å²) in [6, 6.07) is 7.94.